The number of halogens is 3. The van der Waals surface area contributed by atoms with E-state index in [1.54, 1.807) is 5.32 Å². The Morgan fingerprint density at radius 3 is 2.80 bits per heavy atom. The zero-order valence-electron chi connectivity index (χ0n) is 8.06. The number of carbonyl (C=O) groups excluding carboxylic acids is 1. The third-order valence-electron chi connectivity index (χ3n) is 1.96. The van der Waals surface area contributed by atoms with E-state index >= 15 is 0 Å². The zero-order chi connectivity index (χ0) is 11.3. The van der Waals surface area contributed by atoms with Gasteiger partial charge in [0.2, 0.25) is 0 Å². The maximum Gasteiger partial charge on any atom is 0.407 e. The topological polar surface area (TPSA) is 50.4 Å². The molecule has 1 amide bonds. The lowest BCUT2D eigenvalue weighted by atomic mass is 10.1. The van der Waals surface area contributed by atoms with E-state index in [0.717, 1.165) is 13.0 Å². The fraction of sp³-hybridized carbons (Fsp3) is 0.875. The molecule has 2 N–H and O–H groups in total. The van der Waals surface area contributed by atoms with Crippen molar-refractivity contribution in [1.82, 2.24) is 10.6 Å². The van der Waals surface area contributed by atoms with Gasteiger partial charge >= 0.3 is 12.3 Å². The minimum Gasteiger partial charge on any atom is -0.445 e. The molecule has 4 nitrogen and oxygen atoms in total. The highest BCUT2D eigenvalue weighted by Gasteiger charge is 2.28. The highest BCUT2D eigenvalue weighted by Crippen LogP contribution is 2.12. The normalized spacial score (nSPS) is 22.2. The number of amides is 1. The molecule has 0 aromatic carbocycles. The van der Waals surface area contributed by atoms with Crippen LogP contribution in [0.5, 0.6) is 0 Å². The predicted octanol–water partition coefficient (Wildman–Crippen LogP) is 1.03. The van der Waals surface area contributed by atoms with Crippen LogP contribution in [-0.4, -0.2) is 38.0 Å². The van der Waals surface area contributed by atoms with Crippen LogP contribution in [0.25, 0.3) is 0 Å². The first-order valence-corrected chi connectivity index (χ1v) is 4.69. The van der Waals surface area contributed by atoms with Crippen LogP contribution in [-0.2, 0) is 4.74 Å². The molecule has 15 heavy (non-hydrogen) atoms. The molecular weight excluding hydrogens is 213 g/mol. The Kier molecular flexibility index (Phi) is 4.19. The largest absolute Gasteiger partial charge is 0.445 e. The number of hydrogen-bond acceptors (Lipinski definition) is 3. The summed E-state index contributed by atoms with van der Waals surface area (Å²) < 4.78 is 39.9. The van der Waals surface area contributed by atoms with Crippen molar-refractivity contribution in [2.75, 3.05) is 19.6 Å². The number of rotatable bonds is 2. The third-order valence-corrected chi connectivity index (χ3v) is 1.96. The maximum atomic E-state index is 11.7. The van der Waals surface area contributed by atoms with Crippen molar-refractivity contribution < 1.29 is 22.7 Å². The number of hydrogen-bond donors (Lipinski definition) is 2. The van der Waals surface area contributed by atoms with Gasteiger partial charge in [0.15, 0.2) is 0 Å². The van der Waals surface area contributed by atoms with Gasteiger partial charge in [-0.2, -0.15) is 13.2 Å². The van der Waals surface area contributed by atoms with E-state index in [1.165, 1.54) is 0 Å². The van der Waals surface area contributed by atoms with Gasteiger partial charge in [0.1, 0.15) is 12.6 Å². The van der Waals surface area contributed by atoms with Crippen LogP contribution < -0.4 is 10.6 Å². The lowest BCUT2D eigenvalue weighted by Crippen LogP contribution is -2.41. The van der Waals surface area contributed by atoms with E-state index in [-0.39, 0.29) is 6.10 Å². The van der Waals surface area contributed by atoms with E-state index in [2.05, 4.69) is 5.32 Å². The first kappa shape index (κ1) is 12.1. The molecule has 1 aliphatic heterocycles. The third kappa shape index (κ3) is 5.46. The average Bonchev–Trinajstić information content (AvgIpc) is 2.15. The number of alkyl carbamates (subject to hydrolysis) is 1. The summed E-state index contributed by atoms with van der Waals surface area (Å²) in [7, 11) is 0. The Labute approximate surface area is 85.2 Å². The molecule has 0 aliphatic carbocycles. The van der Waals surface area contributed by atoms with E-state index in [1.807, 2.05) is 0 Å². The Morgan fingerprint density at radius 1 is 1.53 bits per heavy atom. The van der Waals surface area contributed by atoms with Crippen molar-refractivity contribution in [2.45, 2.75) is 25.1 Å². The van der Waals surface area contributed by atoms with Crippen molar-refractivity contribution in [3.8, 4) is 0 Å². The summed E-state index contributed by atoms with van der Waals surface area (Å²) in [6.45, 7) is -0.00451. The van der Waals surface area contributed by atoms with Gasteiger partial charge in [0.05, 0.1) is 0 Å². The van der Waals surface area contributed by atoms with E-state index in [9.17, 15) is 18.0 Å². The molecule has 1 saturated heterocycles. The van der Waals surface area contributed by atoms with Gasteiger partial charge < -0.3 is 15.4 Å². The summed E-state index contributed by atoms with van der Waals surface area (Å²) in [5.74, 6) is 0. The average molecular weight is 226 g/mol. The molecule has 0 radical (unpaired) electrons. The SMILES string of the molecule is O=C(NCC(F)(F)F)OC1CCCNC1. The smallest absolute Gasteiger partial charge is 0.407 e. The monoisotopic (exact) mass is 226 g/mol. The van der Waals surface area contributed by atoms with Gasteiger partial charge in [0, 0.05) is 6.54 Å². The van der Waals surface area contributed by atoms with Crippen LogP contribution >= 0.6 is 0 Å². The first-order valence-electron chi connectivity index (χ1n) is 4.69. The second-order valence-electron chi connectivity index (χ2n) is 3.34. The van der Waals surface area contributed by atoms with Crippen molar-refractivity contribution in [2.24, 2.45) is 0 Å². The fourth-order valence-corrected chi connectivity index (χ4v) is 1.29. The molecule has 1 atom stereocenters. The molecule has 0 aromatic rings. The van der Waals surface area contributed by atoms with E-state index in [0.29, 0.717) is 13.0 Å². The van der Waals surface area contributed by atoms with Crippen molar-refractivity contribution in [1.29, 1.82) is 0 Å². The Balaban J connectivity index is 2.17. The quantitative estimate of drug-likeness (QED) is 0.739. The molecule has 88 valence electrons. The summed E-state index contributed by atoms with van der Waals surface area (Å²) >= 11 is 0. The van der Waals surface area contributed by atoms with Crippen LogP contribution in [0.4, 0.5) is 18.0 Å². The number of carbonyl (C=O) groups is 1. The van der Waals surface area contributed by atoms with Crippen molar-refractivity contribution in [3.63, 3.8) is 0 Å². The van der Waals surface area contributed by atoms with E-state index in [4.69, 9.17) is 4.74 Å². The number of ether oxygens (including phenoxy) is 1. The van der Waals surface area contributed by atoms with Crippen LogP contribution in [0.2, 0.25) is 0 Å². The summed E-state index contributed by atoms with van der Waals surface area (Å²) in [5.41, 5.74) is 0. The van der Waals surface area contributed by atoms with Crippen LogP contribution in [0, 0.1) is 0 Å². The molecule has 0 bridgehead atoms. The lowest BCUT2D eigenvalue weighted by Gasteiger charge is -2.23. The van der Waals surface area contributed by atoms with Crippen molar-refractivity contribution >= 4 is 6.09 Å². The second-order valence-corrected chi connectivity index (χ2v) is 3.34. The Morgan fingerprint density at radius 2 is 2.27 bits per heavy atom. The molecule has 1 aliphatic rings. The first-order chi connectivity index (χ1) is 6.97. The molecule has 0 aromatic heterocycles. The minimum absolute atomic E-state index is 0.327. The Bertz CT molecular complexity index is 214. The van der Waals surface area contributed by atoms with Gasteiger partial charge in [-0.1, -0.05) is 0 Å². The van der Waals surface area contributed by atoms with Gasteiger partial charge in [-0.3, -0.25) is 0 Å². The summed E-state index contributed by atoms with van der Waals surface area (Å²) in [5, 5.41) is 4.64. The fourth-order valence-electron chi connectivity index (χ4n) is 1.29. The molecule has 1 heterocycles. The van der Waals surface area contributed by atoms with Crippen LogP contribution in [0.15, 0.2) is 0 Å². The molecule has 1 rings (SSSR count). The molecule has 1 fully saturated rings. The van der Waals surface area contributed by atoms with Gasteiger partial charge in [-0.05, 0) is 19.4 Å². The molecule has 0 saturated carbocycles. The minimum atomic E-state index is -4.40. The zero-order valence-corrected chi connectivity index (χ0v) is 8.06. The van der Waals surface area contributed by atoms with Crippen LogP contribution in [0.1, 0.15) is 12.8 Å². The Hall–Kier alpha value is -0.980. The second kappa shape index (κ2) is 5.20. The lowest BCUT2D eigenvalue weighted by molar-refractivity contribution is -0.124. The molecular formula is C8H13F3N2O2. The molecule has 1 unspecified atom stereocenters. The van der Waals surface area contributed by atoms with Crippen molar-refractivity contribution in [3.05, 3.63) is 0 Å². The molecule has 0 spiro atoms. The maximum absolute atomic E-state index is 11.7. The number of nitrogens with one attached hydrogen (secondary N) is 2. The number of alkyl halides is 3. The van der Waals surface area contributed by atoms with Gasteiger partial charge in [0.25, 0.3) is 0 Å². The van der Waals surface area contributed by atoms with Gasteiger partial charge in [-0.25, -0.2) is 4.79 Å². The summed E-state index contributed by atoms with van der Waals surface area (Å²) in [6, 6.07) is 0. The summed E-state index contributed by atoms with van der Waals surface area (Å²) in [6.07, 6.45) is -4.19. The highest BCUT2D eigenvalue weighted by molar-refractivity contribution is 5.67. The van der Waals surface area contributed by atoms with Gasteiger partial charge in [-0.15, -0.1) is 0 Å². The van der Waals surface area contributed by atoms with Crippen LogP contribution in [0.3, 0.4) is 0 Å². The number of piperidine rings is 1. The highest BCUT2D eigenvalue weighted by atomic mass is 19.4. The summed E-state index contributed by atoms with van der Waals surface area (Å²) in [4.78, 5) is 10.9. The predicted molar refractivity (Wildman–Crippen MR) is 46.4 cm³/mol. The van der Waals surface area contributed by atoms with E-state index < -0.39 is 18.8 Å². The standard InChI is InChI=1S/C8H13F3N2O2/c9-8(10,11)5-13-7(14)15-6-2-1-3-12-4-6/h6,12H,1-5H2,(H,13,14). The molecule has 7 heteroatoms.